The summed E-state index contributed by atoms with van der Waals surface area (Å²) in [6.07, 6.45) is 2.68. The van der Waals surface area contributed by atoms with E-state index in [1.165, 1.54) is 16.8 Å². The van der Waals surface area contributed by atoms with E-state index in [2.05, 4.69) is 10.1 Å². The molecular weight excluding hydrogens is 242 g/mol. The molecule has 8 nitrogen and oxygen atoms in total. The molecule has 1 fully saturated rings. The number of aromatic amines is 1. The molecule has 1 aromatic rings. The quantitative estimate of drug-likeness (QED) is 0.365. The molecule has 3 N–H and O–H groups in total. The van der Waals surface area contributed by atoms with Gasteiger partial charge in [-0.1, -0.05) is 5.16 Å². The number of hydrogen-bond donors (Lipinski definition) is 3. The Kier molecular flexibility index (Phi) is 3.30. The van der Waals surface area contributed by atoms with Crippen molar-refractivity contribution in [3.05, 3.63) is 33.1 Å². The Morgan fingerprint density at radius 2 is 2.44 bits per heavy atom. The molecule has 2 heterocycles. The SMILES string of the molecule is O=c1ccn([C@H]2CC[C@@](C=NO)(CO)O2)c(=O)[nH]1. The van der Waals surface area contributed by atoms with Gasteiger partial charge in [0, 0.05) is 12.3 Å². The molecule has 0 radical (unpaired) electrons. The molecule has 0 aromatic carbocycles. The van der Waals surface area contributed by atoms with Crippen LogP contribution in [0.4, 0.5) is 0 Å². The predicted molar refractivity (Wildman–Crippen MR) is 60.8 cm³/mol. The number of rotatable bonds is 3. The van der Waals surface area contributed by atoms with Crippen molar-refractivity contribution in [1.82, 2.24) is 9.55 Å². The topological polar surface area (TPSA) is 117 Å². The van der Waals surface area contributed by atoms with Crippen molar-refractivity contribution in [2.75, 3.05) is 6.61 Å². The monoisotopic (exact) mass is 255 g/mol. The van der Waals surface area contributed by atoms with Crippen LogP contribution in [0.15, 0.2) is 27.0 Å². The van der Waals surface area contributed by atoms with Gasteiger partial charge in [-0.3, -0.25) is 14.3 Å². The van der Waals surface area contributed by atoms with Gasteiger partial charge in [0.15, 0.2) is 0 Å². The van der Waals surface area contributed by atoms with E-state index >= 15 is 0 Å². The molecule has 1 aromatic heterocycles. The van der Waals surface area contributed by atoms with Gasteiger partial charge >= 0.3 is 5.69 Å². The number of H-pyrrole nitrogens is 1. The molecule has 0 aliphatic carbocycles. The highest BCUT2D eigenvalue weighted by molar-refractivity contribution is 5.68. The van der Waals surface area contributed by atoms with Gasteiger partial charge in [0.1, 0.15) is 11.8 Å². The van der Waals surface area contributed by atoms with Crippen LogP contribution in [0.5, 0.6) is 0 Å². The summed E-state index contributed by atoms with van der Waals surface area (Å²) in [5.41, 5.74) is -2.16. The van der Waals surface area contributed by atoms with Gasteiger partial charge in [-0.2, -0.15) is 0 Å². The van der Waals surface area contributed by atoms with Gasteiger partial charge in [-0.15, -0.1) is 0 Å². The van der Waals surface area contributed by atoms with E-state index in [4.69, 9.17) is 9.94 Å². The van der Waals surface area contributed by atoms with E-state index < -0.39 is 23.1 Å². The van der Waals surface area contributed by atoms with Gasteiger partial charge in [-0.05, 0) is 12.8 Å². The molecule has 98 valence electrons. The maximum Gasteiger partial charge on any atom is 0.330 e. The molecule has 1 saturated heterocycles. The lowest BCUT2D eigenvalue weighted by molar-refractivity contribution is -0.0571. The minimum atomic E-state index is -1.09. The molecule has 2 atom stereocenters. The molecule has 0 unspecified atom stereocenters. The Labute approximate surface area is 101 Å². The standard InChI is InChI=1S/C10H13N3O5/c14-6-10(5-11-17)3-1-8(18-10)13-4-2-7(15)12-9(13)16/h2,4-5,8,14,17H,1,3,6H2,(H,12,15,16)/t8-,10-/m1/s1. The Morgan fingerprint density at radius 3 is 3.06 bits per heavy atom. The van der Waals surface area contributed by atoms with Crippen molar-refractivity contribution in [1.29, 1.82) is 0 Å². The van der Waals surface area contributed by atoms with E-state index in [1.807, 2.05) is 0 Å². The number of hydrogen-bond acceptors (Lipinski definition) is 6. The van der Waals surface area contributed by atoms with Crippen molar-refractivity contribution in [3.63, 3.8) is 0 Å². The molecular formula is C10H13N3O5. The van der Waals surface area contributed by atoms with E-state index in [1.54, 1.807) is 0 Å². The second-order valence-electron chi connectivity index (χ2n) is 4.10. The maximum absolute atomic E-state index is 11.6. The zero-order chi connectivity index (χ0) is 13.2. The van der Waals surface area contributed by atoms with Crippen LogP contribution in [0.2, 0.25) is 0 Å². The second kappa shape index (κ2) is 4.75. The third-order valence-electron chi connectivity index (χ3n) is 2.91. The normalized spacial score (nSPS) is 27.9. The van der Waals surface area contributed by atoms with Crippen molar-refractivity contribution < 1.29 is 15.1 Å². The minimum absolute atomic E-state index is 0.355. The lowest BCUT2D eigenvalue weighted by atomic mass is 10.0. The molecule has 0 amide bonds. The van der Waals surface area contributed by atoms with Crippen LogP contribution in [0.3, 0.4) is 0 Å². The number of nitrogens with zero attached hydrogens (tertiary/aromatic N) is 2. The molecule has 0 saturated carbocycles. The lowest BCUT2D eigenvalue weighted by Gasteiger charge is -2.22. The number of aliphatic hydroxyl groups excluding tert-OH is 1. The van der Waals surface area contributed by atoms with Crippen molar-refractivity contribution in [3.8, 4) is 0 Å². The first-order chi connectivity index (χ1) is 8.60. The van der Waals surface area contributed by atoms with Crippen molar-refractivity contribution in [2.45, 2.75) is 24.7 Å². The average Bonchev–Trinajstić information content (AvgIpc) is 2.74. The van der Waals surface area contributed by atoms with E-state index in [0.717, 1.165) is 6.21 Å². The van der Waals surface area contributed by atoms with Gasteiger partial charge in [0.25, 0.3) is 5.56 Å². The highest BCUT2D eigenvalue weighted by Gasteiger charge is 2.40. The fourth-order valence-electron chi connectivity index (χ4n) is 1.96. The van der Waals surface area contributed by atoms with Gasteiger partial charge in [-0.25, -0.2) is 4.79 Å². The molecule has 0 bridgehead atoms. The zero-order valence-electron chi connectivity index (χ0n) is 9.44. The summed E-state index contributed by atoms with van der Waals surface area (Å²) in [7, 11) is 0. The first-order valence-electron chi connectivity index (χ1n) is 5.39. The maximum atomic E-state index is 11.6. The summed E-state index contributed by atoms with van der Waals surface area (Å²) in [5.74, 6) is 0. The van der Waals surface area contributed by atoms with Crippen LogP contribution in [-0.4, -0.2) is 38.3 Å². The highest BCUT2D eigenvalue weighted by Crippen LogP contribution is 2.34. The number of oxime groups is 1. The first kappa shape index (κ1) is 12.5. The van der Waals surface area contributed by atoms with Gasteiger partial charge in [0.2, 0.25) is 0 Å². The van der Waals surface area contributed by atoms with E-state index in [9.17, 15) is 14.7 Å². The zero-order valence-corrected chi connectivity index (χ0v) is 9.44. The third-order valence-corrected chi connectivity index (χ3v) is 2.91. The first-order valence-corrected chi connectivity index (χ1v) is 5.39. The number of aromatic nitrogens is 2. The Morgan fingerprint density at radius 1 is 1.67 bits per heavy atom. The summed E-state index contributed by atoms with van der Waals surface area (Å²) >= 11 is 0. The third kappa shape index (κ3) is 2.20. The summed E-state index contributed by atoms with van der Waals surface area (Å²) in [4.78, 5) is 24.6. The minimum Gasteiger partial charge on any atom is -0.411 e. The number of nitrogens with one attached hydrogen (secondary N) is 1. The Hall–Kier alpha value is -1.93. The molecule has 1 aliphatic rings. The number of ether oxygens (including phenoxy) is 1. The highest BCUT2D eigenvalue weighted by atomic mass is 16.5. The molecule has 0 spiro atoms. The van der Waals surface area contributed by atoms with E-state index in [0.29, 0.717) is 12.8 Å². The summed E-state index contributed by atoms with van der Waals surface area (Å²) in [6, 6.07) is 1.21. The van der Waals surface area contributed by atoms with Crippen LogP contribution in [-0.2, 0) is 4.74 Å². The average molecular weight is 255 g/mol. The fourth-order valence-corrected chi connectivity index (χ4v) is 1.96. The van der Waals surface area contributed by atoms with Crippen LogP contribution in [0.1, 0.15) is 19.1 Å². The Balaban J connectivity index is 2.28. The van der Waals surface area contributed by atoms with Gasteiger partial charge in [0.05, 0.1) is 12.8 Å². The lowest BCUT2D eigenvalue weighted by Crippen LogP contribution is -2.37. The van der Waals surface area contributed by atoms with Crippen LogP contribution in [0, 0.1) is 0 Å². The van der Waals surface area contributed by atoms with Crippen molar-refractivity contribution in [2.24, 2.45) is 5.16 Å². The smallest absolute Gasteiger partial charge is 0.330 e. The Bertz CT molecular complexity index is 563. The van der Waals surface area contributed by atoms with E-state index in [-0.39, 0.29) is 6.61 Å². The van der Waals surface area contributed by atoms with Crippen LogP contribution >= 0.6 is 0 Å². The van der Waals surface area contributed by atoms with Crippen molar-refractivity contribution >= 4 is 6.21 Å². The molecule has 1 aliphatic heterocycles. The summed E-state index contributed by atoms with van der Waals surface area (Å²) in [6.45, 7) is -0.355. The molecule has 8 heteroatoms. The summed E-state index contributed by atoms with van der Waals surface area (Å²) < 4.78 is 6.75. The number of aliphatic hydroxyl groups is 1. The van der Waals surface area contributed by atoms with Crippen LogP contribution in [0.25, 0.3) is 0 Å². The molecule has 18 heavy (non-hydrogen) atoms. The molecule has 2 rings (SSSR count). The fraction of sp³-hybridized carbons (Fsp3) is 0.500. The van der Waals surface area contributed by atoms with Crippen LogP contribution < -0.4 is 11.2 Å². The summed E-state index contributed by atoms with van der Waals surface area (Å²) in [5, 5.41) is 20.7. The largest absolute Gasteiger partial charge is 0.411 e. The predicted octanol–water partition coefficient (Wildman–Crippen LogP) is -0.963. The van der Waals surface area contributed by atoms with Gasteiger partial charge < -0.3 is 15.1 Å². The second-order valence-corrected chi connectivity index (χ2v) is 4.10.